The summed E-state index contributed by atoms with van der Waals surface area (Å²) in [4.78, 5) is 0. The number of anilines is 1. The van der Waals surface area contributed by atoms with Gasteiger partial charge in [-0.2, -0.15) is 5.10 Å². The number of rotatable bonds is 4. The molecule has 2 aromatic rings. The second-order valence-corrected chi connectivity index (χ2v) is 5.17. The molecule has 0 amide bonds. The van der Waals surface area contributed by atoms with Gasteiger partial charge in [-0.25, -0.2) is 0 Å². The van der Waals surface area contributed by atoms with E-state index in [1.165, 1.54) is 11.1 Å². The molecule has 0 atom stereocenters. The van der Waals surface area contributed by atoms with Crippen LogP contribution in [0.5, 0.6) is 0 Å². The maximum Gasteiger partial charge on any atom is 0.171 e. The molecule has 2 N–H and O–H groups in total. The molecule has 0 saturated carbocycles. The summed E-state index contributed by atoms with van der Waals surface area (Å²) >= 11 is 5.34. The zero-order chi connectivity index (χ0) is 14.5. The minimum Gasteiger partial charge on any atom is -0.357 e. The summed E-state index contributed by atoms with van der Waals surface area (Å²) in [6, 6.07) is 8.28. The predicted octanol–water partition coefficient (Wildman–Crippen LogP) is 3.01. The van der Waals surface area contributed by atoms with Crippen LogP contribution in [0.15, 0.2) is 30.5 Å². The van der Waals surface area contributed by atoms with Gasteiger partial charge in [0.15, 0.2) is 5.11 Å². The van der Waals surface area contributed by atoms with Crippen LogP contribution in [0.25, 0.3) is 0 Å². The van der Waals surface area contributed by atoms with Crippen molar-refractivity contribution in [2.75, 3.05) is 5.32 Å². The molecule has 4 nitrogen and oxygen atoms in total. The normalized spacial score (nSPS) is 10.3. The molecule has 5 heteroatoms. The van der Waals surface area contributed by atoms with Crippen LogP contribution in [0, 0.1) is 13.8 Å². The van der Waals surface area contributed by atoms with E-state index in [0.29, 0.717) is 11.7 Å². The van der Waals surface area contributed by atoms with Crippen LogP contribution < -0.4 is 10.6 Å². The summed E-state index contributed by atoms with van der Waals surface area (Å²) in [7, 11) is 0. The van der Waals surface area contributed by atoms with Crippen molar-refractivity contribution in [1.29, 1.82) is 0 Å². The summed E-state index contributed by atoms with van der Waals surface area (Å²) in [6.45, 7) is 7.74. The smallest absolute Gasteiger partial charge is 0.171 e. The van der Waals surface area contributed by atoms with Gasteiger partial charge in [0.1, 0.15) is 0 Å². The third kappa shape index (κ3) is 3.57. The lowest BCUT2D eigenvalue weighted by atomic mass is 10.1. The van der Waals surface area contributed by atoms with E-state index >= 15 is 0 Å². The molecule has 2 rings (SSSR count). The highest BCUT2D eigenvalue weighted by Crippen LogP contribution is 2.16. The van der Waals surface area contributed by atoms with Crippen LogP contribution in [0.3, 0.4) is 0 Å². The van der Waals surface area contributed by atoms with Crippen LogP contribution in [-0.2, 0) is 13.1 Å². The Bertz CT molecular complexity index is 604. The molecule has 0 aliphatic rings. The molecule has 106 valence electrons. The van der Waals surface area contributed by atoms with Gasteiger partial charge in [-0.3, -0.25) is 4.68 Å². The van der Waals surface area contributed by atoms with E-state index in [9.17, 15) is 0 Å². The molecule has 0 spiro atoms. The van der Waals surface area contributed by atoms with Crippen LogP contribution >= 0.6 is 12.2 Å². The van der Waals surface area contributed by atoms with E-state index in [1.807, 2.05) is 16.9 Å². The van der Waals surface area contributed by atoms with Crippen molar-refractivity contribution < 1.29 is 0 Å². The Labute approximate surface area is 125 Å². The van der Waals surface area contributed by atoms with E-state index in [0.717, 1.165) is 17.9 Å². The Hall–Kier alpha value is -1.88. The van der Waals surface area contributed by atoms with Crippen molar-refractivity contribution in [3.05, 3.63) is 47.3 Å². The standard InChI is InChI=1S/C15H20N4S/c1-4-19-13(7-8-17-19)10-16-15(20)18-14-9-11(2)5-6-12(14)3/h5-9H,4,10H2,1-3H3,(H2,16,18,20). The fourth-order valence-electron chi connectivity index (χ4n) is 2.00. The van der Waals surface area contributed by atoms with E-state index in [2.05, 4.69) is 54.7 Å². The second kappa shape index (κ2) is 6.52. The molecule has 0 radical (unpaired) electrons. The predicted molar refractivity (Wildman–Crippen MR) is 86.9 cm³/mol. The van der Waals surface area contributed by atoms with Crippen molar-refractivity contribution in [1.82, 2.24) is 15.1 Å². The molecule has 0 fully saturated rings. The average Bonchev–Trinajstić information content (AvgIpc) is 2.88. The van der Waals surface area contributed by atoms with E-state index in [4.69, 9.17) is 12.2 Å². The molecule has 1 aromatic carbocycles. The molecule has 20 heavy (non-hydrogen) atoms. The molecular weight excluding hydrogens is 268 g/mol. The Balaban J connectivity index is 1.94. The largest absolute Gasteiger partial charge is 0.357 e. The minimum atomic E-state index is 0.627. The van der Waals surface area contributed by atoms with Gasteiger partial charge in [0.05, 0.1) is 12.2 Å². The zero-order valence-corrected chi connectivity index (χ0v) is 12.9. The van der Waals surface area contributed by atoms with Crippen molar-refractivity contribution in [3.63, 3.8) is 0 Å². The summed E-state index contributed by atoms with van der Waals surface area (Å²) in [6.07, 6.45) is 1.81. The minimum absolute atomic E-state index is 0.627. The SMILES string of the molecule is CCn1nccc1CNC(=S)Nc1cc(C)ccc1C. The Kier molecular flexibility index (Phi) is 4.74. The number of aryl methyl sites for hydroxylation is 3. The Morgan fingerprint density at radius 3 is 2.85 bits per heavy atom. The first-order valence-corrected chi connectivity index (χ1v) is 7.13. The number of nitrogens with zero attached hydrogens (tertiary/aromatic N) is 2. The first kappa shape index (κ1) is 14.5. The van der Waals surface area contributed by atoms with Gasteiger partial charge in [0.2, 0.25) is 0 Å². The van der Waals surface area contributed by atoms with Gasteiger partial charge < -0.3 is 10.6 Å². The fourth-order valence-corrected chi connectivity index (χ4v) is 2.18. The highest BCUT2D eigenvalue weighted by atomic mass is 32.1. The summed E-state index contributed by atoms with van der Waals surface area (Å²) in [5.74, 6) is 0. The Morgan fingerprint density at radius 1 is 1.30 bits per heavy atom. The summed E-state index contributed by atoms with van der Waals surface area (Å²) in [5, 5.41) is 11.3. The molecule has 1 heterocycles. The third-order valence-corrected chi connectivity index (χ3v) is 3.42. The molecule has 1 aromatic heterocycles. The number of nitrogens with one attached hydrogen (secondary N) is 2. The number of benzene rings is 1. The third-order valence-electron chi connectivity index (χ3n) is 3.18. The van der Waals surface area contributed by atoms with Crippen molar-refractivity contribution in [2.24, 2.45) is 0 Å². The van der Waals surface area contributed by atoms with Crippen LogP contribution in [0.1, 0.15) is 23.7 Å². The lowest BCUT2D eigenvalue weighted by molar-refractivity contribution is 0.614. The van der Waals surface area contributed by atoms with Crippen LogP contribution in [-0.4, -0.2) is 14.9 Å². The summed E-state index contributed by atoms with van der Waals surface area (Å²) < 4.78 is 1.95. The fraction of sp³-hybridized carbons (Fsp3) is 0.333. The highest BCUT2D eigenvalue weighted by molar-refractivity contribution is 7.80. The lowest BCUT2D eigenvalue weighted by Crippen LogP contribution is -2.29. The first-order chi connectivity index (χ1) is 9.60. The van der Waals surface area contributed by atoms with Crippen LogP contribution in [0.2, 0.25) is 0 Å². The van der Waals surface area contributed by atoms with Crippen LogP contribution in [0.4, 0.5) is 5.69 Å². The first-order valence-electron chi connectivity index (χ1n) is 6.73. The average molecular weight is 288 g/mol. The zero-order valence-electron chi connectivity index (χ0n) is 12.1. The van der Waals surface area contributed by atoms with Crippen molar-refractivity contribution in [2.45, 2.75) is 33.9 Å². The maximum absolute atomic E-state index is 5.34. The molecule has 0 aliphatic carbocycles. The number of hydrogen-bond donors (Lipinski definition) is 2. The second-order valence-electron chi connectivity index (χ2n) is 4.76. The number of aromatic nitrogens is 2. The van der Waals surface area contributed by atoms with Gasteiger partial charge >= 0.3 is 0 Å². The van der Waals surface area contributed by atoms with Gasteiger partial charge in [-0.15, -0.1) is 0 Å². The summed E-state index contributed by atoms with van der Waals surface area (Å²) in [5.41, 5.74) is 4.56. The van der Waals surface area contributed by atoms with E-state index in [1.54, 1.807) is 0 Å². The van der Waals surface area contributed by atoms with Gasteiger partial charge in [0.25, 0.3) is 0 Å². The van der Waals surface area contributed by atoms with Gasteiger partial charge in [0, 0.05) is 18.4 Å². The van der Waals surface area contributed by atoms with Crippen molar-refractivity contribution >= 4 is 23.0 Å². The molecule has 0 aliphatic heterocycles. The maximum atomic E-state index is 5.34. The van der Waals surface area contributed by atoms with Gasteiger partial charge in [-0.05, 0) is 56.2 Å². The topological polar surface area (TPSA) is 41.9 Å². The van der Waals surface area contributed by atoms with Crippen molar-refractivity contribution in [3.8, 4) is 0 Å². The molecular formula is C15H20N4S. The van der Waals surface area contributed by atoms with Gasteiger partial charge in [-0.1, -0.05) is 12.1 Å². The van der Waals surface area contributed by atoms with E-state index < -0.39 is 0 Å². The quantitative estimate of drug-likeness (QED) is 0.849. The number of thiocarbonyl (C=S) groups is 1. The molecule has 0 unspecified atom stereocenters. The highest BCUT2D eigenvalue weighted by Gasteiger charge is 2.04. The number of hydrogen-bond acceptors (Lipinski definition) is 2. The monoisotopic (exact) mass is 288 g/mol. The molecule has 0 saturated heterocycles. The molecule has 0 bridgehead atoms. The Morgan fingerprint density at radius 2 is 2.10 bits per heavy atom. The lowest BCUT2D eigenvalue weighted by Gasteiger charge is -2.13. The van der Waals surface area contributed by atoms with E-state index in [-0.39, 0.29) is 0 Å².